The maximum absolute atomic E-state index is 14.1. The van der Waals surface area contributed by atoms with Crippen molar-refractivity contribution in [3.8, 4) is 0 Å². The monoisotopic (exact) mass is 559 g/mol. The molecule has 0 aromatic rings. The summed E-state index contributed by atoms with van der Waals surface area (Å²) in [7, 11) is 0. The standard InChI is InChI=1S/C30H49N5O5/c1-28(2,3)23(33-27(40)34-30(6)13-8-7-9-14-30)26(39)35-16-18-20(29(18,4)5)21(35)25(38)32-19(22(36)24(31)37)15-17-11-10-12-17/h17-21,23H,7-16H2,1-6H3,(H2,31,37)(H,32,38)(H2,33,34,40)/t18-,19?,20-,21?,23+/m0/s1. The van der Waals surface area contributed by atoms with Crippen LogP contribution in [0.1, 0.15) is 99.3 Å². The van der Waals surface area contributed by atoms with Gasteiger partial charge in [-0.05, 0) is 54.8 Å². The Morgan fingerprint density at radius 3 is 2.10 bits per heavy atom. The molecular formula is C30H49N5O5. The number of hydrogen-bond acceptors (Lipinski definition) is 5. The number of nitrogens with two attached hydrogens (primary N) is 1. The van der Waals surface area contributed by atoms with Gasteiger partial charge in [0, 0.05) is 12.1 Å². The van der Waals surface area contributed by atoms with E-state index in [9.17, 15) is 24.0 Å². The summed E-state index contributed by atoms with van der Waals surface area (Å²) in [5.74, 6) is -2.28. The highest BCUT2D eigenvalue weighted by molar-refractivity contribution is 6.37. The van der Waals surface area contributed by atoms with Crippen LogP contribution in [0.15, 0.2) is 0 Å². The molecular weight excluding hydrogens is 510 g/mol. The van der Waals surface area contributed by atoms with Crippen molar-refractivity contribution < 1.29 is 24.0 Å². The Morgan fingerprint density at radius 2 is 1.57 bits per heavy atom. The Hall–Kier alpha value is -2.65. The van der Waals surface area contributed by atoms with Crippen molar-refractivity contribution in [1.29, 1.82) is 0 Å². The number of urea groups is 1. The molecule has 2 unspecified atom stereocenters. The molecule has 4 aliphatic rings. The third-order valence-corrected chi connectivity index (χ3v) is 10.2. The number of carbonyl (C=O) groups is 5. The minimum Gasteiger partial charge on any atom is -0.363 e. The average molecular weight is 560 g/mol. The summed E-state index contributed by atoms with van der Waals surface area (Å²) in [6.45, 7) is 12.3. The van der Waals surface area contributed by atoms with Crippen LogP contribution in [0, 0.1) is 28.6 Å². The van der Waals surface area contributed by atoms with E-state index in [1.807, 2.05) is 27.7 Å². The molecule has 3 aliphatic carbocycles. The third kappa shape index (κ3) is 6.15. The predicted octanol–water partition coefficient (Wildman–Crippen LogP) is 2.64. The van der Waals surface area contributed by atoms with E-state index in [0.717, 1.165) is 51.4 Å². The van der Waals surface area contributed by atoms with Crippen molar-refractivity contribution in [2.24, 2.45) is 34.3 Å². The lowest BCUT2D eigenvalue weighted by molar-refractivity contribution is -0.145. The van der Waals surface area contributed by atoms with E-state index in [4.69, 9.17) is 5.73 Å². The van der Waals surface area contributed by atoms with Crippen LogP contribution >= 0.6 is 0 Å². The van der Waals surface area contributed by atoms with Crippen LogP contribution in [0.3, 0.4) is 0 Å². The number of Topliss-reactive ketones (excluding diaryl/α,β-unsaturated/α-hetero) is 1. The number of likely N-dealkylation sites (tertiary alicyclic amines) is 1. The summed E-state index contributed by atoms with van der Waals surface area (Å²) >= 11 is 0. The van der Waals surface area contributed by atoms with Crippen molar-refractivity contribution >= 4 is 29.5 Å². The molecule has 3 saturated carbocycles. The summed E-state index contributed by atoms with van der Waals surface area (Å²) in [4.78, 5) is 67.0. The van der Waals surface area contributed by atoms with Crippen molar-refractivity contribution in [3.63, 3.8) is 0 Å². The molecule has 0 bridgehead atoms. The predicted molar refractivity (Wildman–Crippen MR) is 151 cm³/mol. The van der Waals surface area contributed by atoms with Crippen molar-refractivity contribution in [2.45, 2.75) is 123 Å². The number of nitrogens with zero attached hydrogens (tertiary/aromatic N) is 1. The SMILES string of the molecule is CC1(NC(=O)N[C@H](C(=O)N2C[C@H]3[C@@H](C2C(=O)NC(CC2CCC2)C(=O)C(N)=O)C3(C)C)C(C)(C)C)CCCCC1. The van der Waals surface area contributed by atoms with Crippen LogP contribution in [0.5, 0.6) is 0 Å². The Kier molecular flexibility index (Phi) is 8.31. The molecule has 40 heavy (non-hydrogen) atoms. The second-order valence-corrected chi connectivity index (χ2v) is 14.7. The first-order chi connectivity index (χ1) is 18.5. The lowest BCUT2D eigenvalue weighted by atomic mass is 9.80. The topological polar surface area (TPSA) is 151 Å². The summed E-state index contributed by atoms with van der Waals surface area (Å²) in [5.41, 5.74) is 4.27. The zero-order valence-electron chi connectivity index (χ0n) is 25.1. The molecule has 1 heterocycles. The van der Waals surface area contributed by atoms with Crippen molar-refractivity contribution in [2.75, 3.05) is 6.54 Å². The number of amides is 5. The lowest BCUT2D eigenvalue weighted by Gasteiger charge is -2.39. The van der Waals surface area contributed by atoms with Crippen LogP contribution in [-0.4, -0.2) is 64.6 Å². The van der Waals surface area contributed by atoms with E-state index in [2.05, 4.69) is 29.8 Å². The first-order valence-electron chi connectivity index (χ1n) is 15.1. The van der Waals surface area contributed by atoms with Gasteiger partial charge < -0.3 is 26.6 Å². The Morgan fingerprint density at radius 1 is 0.950 bits per heavy atom. The Balaban J connectivity index is 1.52. The zero-order chi connectivity index (χ0) is 29.6. The van der Waals surface area contributed by atoms with E-state index in [0.29, 0.717) is 13.0 Å². The van der Waals surface area contributed by atoms with Gasteiger partial charge in [-0.25, -0.2) is 4.79 Å². The van der Waals surface area contributed by atoms with E-state index < -0.39 is 41.1 Å². The second kappa shape index (κ2) is 11.0. The minimum absolute atomic E-state index is 0.0694. The van der Waals surface area contributed by atoms with E-state index in [1.165, 1.54) is 0 Å². The number of fused-ring (bicyclic) bond motifs is 1. The van der Waals surface area contributed by atoms with Crippen molar-refractivity contribution in [1.82, 2.24) is 20.9 Å². The molecule has 1 aliphatic heterocycles. The number of ketones is 1. The number of hydrogen-bond donors (Lipinski definition) is 4. The number of nitrogens with one attached hydrogen (secondary N) is 3. The van der Waals surface area contributed by atoms with Gasteiger partial charge in [-0.2, -0.15) is 0 Å². The fourth-order valence-electron chi connectivity index (χ4n) is 7.25. The zero-order valence-corrected chi connectivity index (χ0v) is 25.1. The second-order valence-electron chi connectivity index (χ2n) is 14.7. The van der Waals surface area contributed by atoms with Crippen LogP contribution in [0.4, 0.5) is 4.79 Å². The normalized spacial score (nSPS) is 28.4. The largest absolute Gasteiger partial charge is 0.363 e. The van der Waals surface area contributed by atoms with Gasteiger partial charge in [0.25, 0.3) is 5.91 Å². The molecule has 5 amide bonds. The average Bonchev–Trinajstić information content (AvgIpc) is 3.14. The van der Waals surface area contributed by atoms with Gasteiger partial charge in [-0.1, -0.05) is 73.1 Å². The van der Waals surface area contributed by atoms with E-state index in [1.54, 1.807) is 4.90 Å². The minimum atomic E-state index is -1.07. The van der Waals surface area contributed by atoms with Gasteiger partial charge in [0.15, 0.2) is 0 Å². The number of primary amides is 1. The van der Waals surface area contributed by atoms with Crippen LogP contribution < -0.4 is 21.7 Å². The number of rotatable bonds is 9. The molecule has 0 radical (unpaired) electrons. The van der Waals surface area contributed by atoms with Gasteiger partial charge >= 0.3 is 6.03 Å². The van der Waals surface area contributed by atoms with Gasteiger partial charge in [0.1, 0.15) is 12.1 Å². The van der Waals surface area contributed by atoms with Gasteiger partial charge in [0.2, 0.25) is 17.6 Å². The van der Waals surface area contributed by atoms with Crippen LogP contribution in [0.25, 0.3) is 0 Å². The molecule has 5 N–H and O–H groups in total. The molecule has 5 atom stereocenters. The first kappa shape index (κ1) is 30.3. The number of carbonyl (C=O) groups excluding carboxylic acids is 5. The number of piperidine rings is 1. The molecule has 4 rings (SSSR count). The maximum Gasteiger partial charge on any atom is 0.315 e. The molecule has 0 aromatic heterocycles. The highest BCUT2D eigenvalue weighted by Crippen LogP contribution is 2.65. The van der Waals surface area contributed by atoms with Gasteiger partial charge in [-0.15, -0.1) is 0 Å². The fraction of sp³-hybridized carbons (Fsp3) is 0.833. The third-order valence-electron chi connectivity index (χ3n) is 10.2. The molecule has 0 aromatic carbocycles. The summed E-state index contributed by atoms with van der Waals surface area (Å²) in [6.07, 6.45) is 8.40. The molecule has 224 valence electrons. The maximum atomic E-state index is 14.1. The smallest absolute Gasteiger partial charge is 0.315 e. The molecule has 10 heteroatoms. The van der Waals surface area contributed by atoms with Gasteiger partial charge in [0.05, 0.1) is 6.04 Å². The van der Waals surface area contributed by atoms with E-state index in [-0.39, 0.29) is 40.6 Å². The van der Waals surface area contributed by atoms with Crippen molar-refractivity contribution in [3.05, 3.63) is 0 Å². The molecule has 1 saturated heterocycles. The van der Waals surface area contributed by atoms with Crippen LogP contribution in [-0.2, 0) is 19.2 Å². The fourth-order valence-corrected chi connectivity index (χ4v) is 7.25. The molecule has 4 fully saturated rings. The summed E-state index contributed by atoms with van der Waals surface area (Å²) in [6, 6.07) is -3.01. The molecule has 10 nitrogen and oxygen atoms in total. The summed E-state index contributed by atoms with van der Waals surface area (Å²) in [5, 5.41) is 8.86. The summed E-state index contributed by atoms with van der Waals surface area (Å²) < 4.78 is 0. The highest BCUT2D eigenvalue weighted by Gasteiger charge is 2.70. The highest BCUT2D eigenvalue weighted by atomic mass is 16.2. The van der Waals surface area contributed by atoms with E-state index >= 15 is 0 Å². The van der Waals surface area contributed by atoms with Crippen LogP contribution in [0.2, 0.25) is 0 Å². The van der Waals surface area contributed by atoms with Gasteiger partial charge in [-0.3, -0.25) is 19.2 Å². The Bertz CT molecular complexity index is 1040. The first-order valence-corrected chi connectivity index (χ1v) is 15.1. The molecule has 0 spiro atoms. The quantitative estimate of drug-likeness (QED) is 0.320. The lowest BCUT2D eigenvalue weighted by Crippen LogP contribution is -2.62. The Labute approximate surface area is 238 Å².